The quantitative estimate of drug-likeness (QED) is 0.798. The Balaban J connectivity index is 3.39. The van der Waals surface area contributed by atoms with E-state index in [0.717, 1.165) is 12.8 Å². The molecule has 0 aliphatic rings. The van der Waals surface area contributed by atoms with Gasteiger partial charge in [0.25, 0.3) is 5.56 Å². The predicted molar refractivity (Wildman–Crippen MR) is 66.5 cm³/mol. The van der Waals surface area contributed by atoms with Crippen molar-refractivity contribution in [2.75, 3.05) is 0 Å². The van der Waals surface area contributed by atoms with Gasteiger partial charge in [0, 0.05) is 6.54 Å². The maximum absolute atomic E-state index is 11.7. The largest absolute Gasteiger partial charge is 0.494 e. The summed E-state index contributed by atoms with van der Waals surface area (Å²) >= 11 is 4.98. The average molecular weight is 242 g/mol. The van der Waals surface area contributed by atoms with Gasteiger partial charge in [-0.2, -0.15) is 0 Å². The van der Waals surface area contributed by atoms with Gasteiger partial charge in [-0.3, -0.25) is 14.3 Å². The number of aromatic amines is 1. The van der Waals surface area contributed by atoms with Crippen LogP contribution < -0.4 is 5.56 Å². The molecule has 0 aliphatic carbocycles. The molecular formula is C11H18N2O2S. The minimum Gasteiger partial charge on any atom is -0.494 e. The second-order valence-electron chi connectivity index (χ2n) is 3.93. The molecule has 16 heavy (non-hydrogen) atoms. The van der Waals surface area contributed by atoms with Crippen LogP contribution in [0.1, 0.15) is 45.1 Å². The van der Waals surface area contributed by atoms with Crippen LogP contribution in [0.25, 0.3) is 0 Å². The summed E-state index contributed by atoms with van der Waals surface area (Å²) < 4.78 is 1.82. The molecule has 1 rings (SSSR count). The summed E-state index contributed by atoms with van der Waals surface area (Å²) in [6.07, 6.45) is 1.85. The molecular weight excluding hydrogens is 224 g/mol. The van der Waals surface area contributed by atoms with Crippen molar-refractivity contribution >= 4 is 12.2 Å². The van der Waals surface area contributed by atoms with Crippen molar-refractivity contribution in [2.24, 2.45) is 0 Å². The minimum absolute atomic E-state index is 0.0113. The smallest absolute Gasteiger partial charge is 0.258 e. The number of hydrogen-bond donors (Lipinski definition) is 2. The zero-order valence-corrected chi connectivity index (χ0v) is 10.7. The standard InChI is InChI=1S/C11H18N2O2S/c1-4-6-7(3)8-9(14)12-11(16)13(5-2)10(8)15/h7,15H,4-6H2,1-3H3,(H,12,14,16). The Morgan fingerprint density at radius 1 is 1.50 bits per heavy atom. The third-order valence-electron chi connectivity index (χ3n) is 2.74. The molecule has 0 aromatic carbocycles. The zero-order valence-electron chi connectivity index (χ0n) is 9.91. The molecule has 0 bridgehead atoms. The van der Waals surface area contributed by atoms with E-state index < -0.39 is 0 Å². The second kappa shape index (κ2) is 5.30. The van der Waals surface area contributed by atoms with Gasteiger partial charge in [-0.15, -0.1) is 0 Å². The van der Waals surface area contributed by atoms with E-state index in [2.05, 4.69) is 11.9 Å². The van der Waals surface area contributed by atoms with Crippen LogP contribution >= 0.6 is 12.2 Å². The fourth-order valence-electron chi connectivity index (χ4n) is 1.89. The Morgan fingerprint density at radius 3 is 2.62 bits per heavy atom. The van der Waals surface area contributed by atoms with Crippen LogP contribution in [-0.4, -0.2) is 14.7 Å². The number of H-pyrrole nitrogens is 1. The first-order valence-electron chi connectivity index (χ1n) is 5.58. The molecule has 90 valence electrons. The summed E-state index contributed by atoms with van der Waals surface area (Å²) in [5, 5.41) is 10.0. The second-order valence-corrected chi connectivity index (χ2v) is 4.32. The zero-order chi connectivity index (χ0) is 12.3. The molecule has 1 aromatic rings. The van der Waals surface area contributed by atoms with E-state index >= 15 is 0 Å². The molecule has 0 spiro atoms. The van der Waals surface area contributed by atoms with Gasteiger partial charge >= 0.3 is 0 Å². The maximum atomic E-state index is 11.7. The first kappa shape index (κ1) is 13.0. The van der Waals surface area contributed by atoms with Gasteiger partial charge in [-0.05, 0) is 31.5 Å². The normalized spacial score (nSPS) is 12.7. The Morgan fingerprint density at radius 2 is 2.12 bits per heavy atom. The summed E-state index contributed by atoms with van der Waals surface area (Å²) in [7, 11) is 0. The van der Waals surface area contributed by atoms with Crippen molar-refractivity contribution in [1.29, 1.82) is 0 Å². The average Bonchev–Trinajstić information content (AvgIpc) is 2.17. The highest BCUT2D eigenvalue weighted by Crippen LogP contribution is 2.25. The molecule has 5 heteroatoms. The Hall–Kier alpha value is -1.10. The molecule has 0 fully saturated rings. The highest BCUT2D eigenvalue weighted by atomic mass is 32.1. The lowest BCUT2D eigenvalue weighted by Crippen LogP contribution is -2.20. The van der Waals surface area contributed by atoms with Crippen molar-refractivity contribution in [3.05, 3.63) is 20.7 Å². The number of aromatic hydroxyl groups is 1. The number of hydrogen-bond acceptors (Lipinski definition) is 3. The van der Waals surface area contributed by atoms with Crippen LogP contribution in [0, 0.1) is 4.77 Å². The lowest BCUT2D eigenvalue weighted by Gasteiger charge is -2.15. The number of nitrogens with one attached hydrogen (secondary N) is 1. The summed E-state index contributed by atoms with van der Waals surface area (Å²) in [4.78, 5) is 14.4. The maximum Gasteiger partial charge on any atom is 0.258 e. The Labute approximate surface area is 99.9 Å². The molecule has 0 radical (unpaired) electrons. The van der Waals surface area contributed by atoms with Crippen molar-refractivity contribution < 1.29 is 5.11 Å². The van der Waals surface area contributed by atoms with Crippen LogP contribution in [0.2, 0.25) is 0 Å². The summed E-state index contributed by atoms with van der Waals surface area (Å²) in [5.74, 6) is 0.0550. The molecule has 1 atom stereocenters. The molecule has 1 heterocycles. The van der Waals surface area contributed by atoms with Crippen molar-refractivity contribution in [2.45, 2.75) is 46.1 Å². The molecule has 0 saturated carbocycles. The van der Waals surface area contributed by atoms with Crippen LogP contribution in [0.4, 0.5) is 0 Å². The summed E-state index contributed by atoms with van der Waals surface area (Å²) in [6, 6.07) is 0. The van der Waals surface area contributed by atoms with E-state index in [1.165, 1.54) is 4.57 Å². The van der Waals surface area contributed by atoms with E-state index in [9.17, 15) is 9.90 Å². The Kier molecular flexibility index (Phi) is 4.29. The lowest BCUT2D eigenvalue weighted by molar-refractivity contribution is 0.394. The topological polar surface area (TPSA) is 58.0 Å². The van der Waals surface area contributed by atoms with Gasteiger partial charge in [-0.25, -0.2) is 0 Å². The molecule has 1 aromatic heterocycles. The van der Waals surface area contributed by atoms with E-state index in [0.29, 0.717) is 12.1 Å². The van der Waals surface area contributed by atoms with Crippen molar-refractivity contribution in [1.82, 2.24) is 9.55 Å². The molecule has 0 amide bonds. The number of rotatable bonds is 4. The molecule has 1 unspecified atom stereocenters. The fraction of sp³-hybridized carbons (Fsp3) is 0.636. The van der Waals surface area contributed by atoms with Crippen molar-refractivity contribution in [3.63, 3.8) is 0 Å². The molecule has 4 nitrogen and oxygen atoms in total. The third-order valence-corrected chi connectivity index (χ3v) is 3.06. The molecule has 2 N–H and O–H groups in total. The lowest BCUT2D eigenvalue weighted by atomic mass is 9.98. The van der Waals surface area contributed by atoms with E-state index in [4.69, 9.17) is 12.2 Å². The van der Waals surface area contributed by atoms with Crippen LogP contribution in [-0.2, 0) is 6.54 Å². The highest BCUT2D eigenvalue weighted by Gasteiger charge is 2.17. The highest BCUT2D eigenvalue weighted by molar-refractivity contribution is 7.71. The number of aromatic nitrogens is 2. The molecule has 0 aliphatic heterocycles. The van der Waals surface area contributed by atoms with E-state index in [1.54, 1.807) is 0 Å². The Bertz CT molecular complexity index is 476. The first-order valence-corrected chi connectivity index (χ1v) is 5.99. The summed E-state index contributed by atoms with van der Waals surface area (Å²) in [5.41, 5.74) is 0.172. The van der Waals surface area contributed by atoms with Crippen LogP contribution in [0.15, 0.2) is 4.79 Å². The molecule has 0 saturated heterocycles. The SMILES string of the molecule is CCCC(C)c1c(O)n(CC)c(=S)[nH]c1=O. The van der Waals surface area contributed by atoms with Gasteiger partial charge in [0.15, 0.2) is 4.77 Å². The number of nitrogens with zero attached hydrogens (tertiary/aromatic N) is 1. The van der Waals surface area contributed by atoms with Gasteiger partial charge < -0.3 is 5.11 Å². The van der Waals surface area contributed by atoms with Gasteiger partial charge in [-0.1, -0.05) is 20.3 Å². The monoisotopic (exact) mass is 242 g/mol. The summed E-state index contributed by atoms with van der Waals surface area (Å²) in [6.45, 7) is 6.42. The fourth-order valence-corrected chi connectivity index (χ4v) is 2.20. The van der Waals surface area contributed by atoms with Crippen LogP contribution in [0.5, 0.6) is 5.88 Å². The van der Waals surface area contributed by atoms with Gasteiger partial charge in [0.2, 0.25) is 5.88 Å². The van der Waals surface area contributed by atoms with Gasteiger partial charge in [0.1, 0.15) is 0 Å². The first-order chi connectivity index (χ1) is 7.52. The van der Waals surface area contributed by atoms with E-state index in [-0.39, 0.29) is 22.1 Å². The van der Waals surface area contributed by atoms with E-state index in [1.807, 2.05) is 13.8 Å². The third kappa shape index (κ3) is 2.35. The van der Waals surface area contributed by atoms with Crippen LogP contribution in [0.3, 0.4) is 0 Å². The minimum atomic E-state index is -0.270. The van der Waals surface area contributed by atoms with Crippen molar-refractivity contribution in [3.8, 4) is 5.88 Å². The van der Waals surface area contributed by atoms with Gasteiger partial charge in [0.05, 0.1) is 5.56 Å². The predicted octanol–water partition coefficient (Wildman–Crippen LogP) is 2.53.